The molecular formula is C29H33N3O4. The Morgan fingerprint density at radius 3 is 2.31 bits per heavy atom. The van der Waals surface area contributed by atoms with Crippen molar-refractivity contribution < 1.29 is 19.1 Å². The minimum absolute atomic E-state index is 0.0777. The van der Waals surface area contributed by atoms with Crippen molar-refractivity contribution in [1.82, 2.24) is 4.90 Å². The van der Waals surface area contributed by atoms with E-state index in [1.54, 1.807) is 61.6 Å². The predicted molar refractivity (Wildman–Crippen MR) is 142 cm³/mol. The quantitative estimate of drug-likeness (QED) is 0.429. The number of amides is 3. The summed E-state index contributed by atoms with van der Waals surface area (Å²) >= 11 is 0. The van der Waals surface area contributed by atoms with E-state index in [1.807, 2.05) is 4.90 Å². The molecule has 3 aromatic carbocycles. The number of hydrogen-bond acceptors (Lipinski definition) is 4. The maximum Gasteiger partial charge on any atom is 0.324 e. The zero-order valence-corrected chi connectivity index (χ0v) is 21.3. The molecule has 0 aliphatic carbocycles. The molecule has 1 saturated heterocycles. The predicted octanol–water partition coefficient (Wildman–Crippen LogP) is 5.91. The number of methoxy groups -OCH3 is 2. The van der Waals surface area contributed by atoms with Gasteiger partial charge in [0.05, 0.1) is 19.9 Å². The number of ether oxygens (including phenoxy) is 2. The average Bonchev–Trinajstić information content (AvgIpc) is 2.90. The van der Waals surface area contributed by atoms with Crippen LogP contribution >= 0.6 is 0 Å². The monoisotopic (exact) mass is 487 g/mol. The van der Waals surface area contributed by atoms with E-state index in [0.717, 1.165) is 12.0 Å². The van der Waals surface area contributed by atoms with E-state index in [1.165, 1.54) is 5.56 Å². The molecular weight excluding hydrogens is 454 g/mol. The van der Waals surface area contributed by atoms with Gasteiger partial charge in [-0.1, -0.05) is 38.1 Å². The lowest BCUT2D eigenvalue weighted by Crippen LogP contribution is -2.49. The molecule has 0 unspecified atom stereocenters. The Balaban J connectivity index is 1.51. The van der Waals surface area contributed by atoms with Crippen molar-refractivity contribution in [3.63, 3.8) is 0 Å². The third-order valence-electron chi connectivity index (χ3n) is 6.41. The van der Waals surface area contributed by atoms with Gasteiger partial charge in [0.1, 0.15) is 11.5 Å². The van der Waals surface area contributed by atoms with Gasteiger partial charge in [0.15, 0.2) is 0 Å². The molecule has 0 saturated carbocycles. The lowest BCUT2D eigenvalue weighted by atomic mass is 10.0. The fourth-order valence-corrected chi connectivity index (χ4v) is 4.30. The van der Waals surface area contributed by atoms with E-state index in [0.29, 0.717) is 54.0 Å². The summed E-state index contributed by atoms with van der Waals surface area (Å²) in [6.07, 6.45) is 0.835. The van der Waals surface area contributed by atoms with Crippen molar-refractivity contribution in [2.24, 2.45) is 0 Å². The molecule has 1 aliphatic heterocycles. The molecule has 1 heterocycles. The molecule has 0 atom stereocenters. The second-order valence-electron chi connectivity index (χ2n) is 9.17. The molecule has 0 radical (unpaired) electrons. The zero-order chi connectivity index (χ0) is 25.7. The smallest absolute Gasteiger partial charge is 0.324 e. The summed E-state index contributed by atoms with van der Waals surface area (Å²) in [5.41, 5.74) is 4.11. The van der Waals surface area contributed by atoms with Crippen LogP contribution in [0.5, 0.6) is 11.5 Å². The van der Waals surface area contributed by atoms with E-state index in [4.69, 9.17) is 9.47 Å². The minimum Gasteiger partial charge on any atom is -0.497 e. The summed E-state index contributed by atoms with van der Waals surface area (Å²) in [4.78, 5) is 29.8. The number of rotatable bonds is 8. The van der Waals surface area contributed by atoms with Crippen LogP contribution in [0.4, 0.5) is 16.2 Å². The summed E-state index contributed by atoms with van der Waals surface area (Å²) < 4.78 is 10.7. The van der Waals surface area contributed by atoms with Gasteiger partial charge in [0.25, 0.3) is 5.91 Å². The van der Waals surface area contributed by atoms with Crippen molar-refractivity contribution in [3.8, 4) is 11.5 Å². The summed E-state index contributed by atoms with van der Waals surface area (Å²) in [6, 6.07) is 20.6. The Morgan fingerprint density at radius 1 is 0.944 bits per heavy atom. The van der Waals surface area contributed by atoms with E-state index in [9.17, 15) is 9.59 Å². The average molecular weight is 488 g/mol. The highest BCUT2D eigenvalue weighted by Crippen LogP contribution is 2.34. The molecule has 188 valence electrons. The highest BCUT2D eigenvalue weighted by Gasteiger charge is 2.29. The van der Waals surface area contributed by atoms with Gasteiger partial charge in [-0.15, -0.1) is 0 Å². The summed E-state index contributed by atoms with van der Waals surface area (Å²) in [6.45, 7) is 6.15. The maximum absolute atomic E-state index is 13.5. The normalized spacial score (nSPS) is 13.6. The van der Waals surface area contributed by atoms with Crippen LogP contribution in [0, 0.1) is 0 Å². The van der Waals surface area contributed by atoms with Crippen molar-refractivity contribution in [2.45, 2.75) is 32.7 Å². The molecule has 1 fully saturated rings. The topological polar surface area (TPSA) is 71.1 Å². The minimum atomic E-state index is -0.245. The number of nitrogens with zero attached hydrogens (tertiary/aromatic N) is 2. The molecule has 0 spiro atoms. The Hall–Kier alpha value is -4.00. The van der Waals surface area contributed by atoms with Crippen LogP contribution in [0.2, 0.25) is 0 Å². The van der Waals surface area contributed by atoms with Crippen LogP contribution in [-0.2, 0) is 6.54 Å². The third-order valence-corrected chi connectivity index (χ3v) is 6.41. The van der Waals surface area contributed by atoms with Crippen LogP contribution in [-0.4, -0.2) is 44.1 Å². The third kappa shape index (κ3) is 5.62. The molecule has 3 amide bonds. The van der Waals surface area contributed by atoms with Crippen LogP contribution in [0.3, 0.4) is 0 Å². The molecule has 0 aromatic heterocycles. The lowest BCUT2D eigenvalue weighted by molar-refractivity contribution is 0.102. The van der Waals surface area contributed by atoms with Gasteiger partial charge in [-0.05, 0) is 65.9 Å². The molecule has 0 bridgehead atoms. The first-order valence-corrected chi connectivity index (χ1v) is 12.2. The number of carbonyl (C=O) groups excluding carboxylic acids is 2. The van der Waals surface area contributed by atoms with E-state index < -0.39 is 0 Å². The lowest BCUT2D eigenvalue weighted by Gasteiger charge is -2.36. The van der Waals surface area contributed by atoms with Gasteiger partial charge in [-0.3, -0.25) is 9.69 Å². The van der Waals surface area contributed by atoms with Gasteiger partial charge in [0, 0.05) is 30.9 Å². The molecule has 3 aromatic rings. The number of anilines is 2. The van der Waals surface area contributed by atoms with Crippen molar-refractivity contribution in [3.05, 3.63) is 83.4 Å². The first-order chi connectivity index (χ1) is 17.4. The molecule has 1 aliphatic rings. The number of carbonyl (C=O) groups is 2. The zero-order valence-electron chi connectivity index (χ0n) is 21.3. The molecule has 4 rings (SSSR count). The first-order valence-electron chi connectivity index (χ1n) is 12.2. The van der Waals surface area contributed by atoms with Crippen LogP contribution in [0.15, 0.2) is 66.7 Å². The molecule has 7 nitrogen and oxygen atoms in total. The van der Waals surface area contributed by atoms with E-state index in [2.05, 4.69) is 43.4 Å². The first kappa shape index (κ1) is 25.1. The Labute approximate surface area is 212 Å². The van der Waals surface area contributed by atoms with Crippen molar-refractivity contribution in [2.75, 3.05) is 37.5 Å². The number of urea groups is 1. The van der Waals surface area contributed by atoms with Gasteiger partial charge >= 0.3 is 6.03 Å². The molecule has 1 N–H and O–H groups in total. The number of benzene rings is 3. The standard InChI is InChI=1S/C29H33N3O4/c1-20(2)22-8-6-21(7-9-22)19-31-16-5-17-32(29(31)34)26-18-24(12-15-27(26)36-4)30-28(33)23-10-13-25(35-3)14-11-23/h6-15,18,20H,5,16-17,19H2,1-4H3,(H,30,33). The highest BCUT2D eigenvalue weighted by molar-refractivity contribution is 6.05. The fraction of sp³-hybridized carbons (Fsp3) is 0.310. The SMILES string of the molecule is COc1ccc(C(=O)Nc2ccc(OC)c(N3CCCN(Cc4ccc(C(C)C)cc4)C3=O)c2)cc1. The Bertz CT molecular complexity index is 1210. The Morgan fingerprint density at radius 2 is 1.67 bits per heavy atom. The van der Waals surface area contributed by atoms with E-state index >= 15 is 0 Å². The van der Waals surface area contributed by atoms with Crippen LogP contribution < -0.4 is 19.7 Å². The maximum atomic E-state index is 13.5. The van der Waals surface area contributed by atoms with Gasteiger partial charge in [0.2, 0.25) is 0 Å². The molecule has 36 heavy (non-hydrogen) atoms. The van der Waals surface area contributed by atoms with Gasteiger partial charge < -0.3 is 19.7 Å². The largest absolute Gasteiger partial charge is 0.497 e. The molecule has 7 heteroatoms. The number of nitrogens with one attached hydrogen (secondary N) is 1. The summed E-state index contributed by atoms with van der Waals surface area (Å²) in [5, 5.41) is 2.92. The second kappa shape index (κ2) is 11.2. The van der Waals surface area contributed by atoms with Crippen LogP contribution in [0.1, 0.15) is 47.7 Å². The second-order valence-corrected chi connectivity index (χ2v) is 9.17. The summed E-state index contributed by atoms with van der Waals surface area (Å²) in [7, 11) is 3.16. The van der Waals surface area contributed by atoms with Crippen molar-refractivity contribution >= 4 is 23.3 Å². The fourth-order valence-electron chi connectivity index (χ4n) is 4.30. The van der Waals surface area contributed by atoms with Gasteiger partial charge in [-0.25, -0.2) is 4.79 Å². The van der Waals surface area contributed by atoms with Crippen LogP contribution in [0.25, 0.3) is 0 Å². The highest BCUT2D eigenvalue weighted by atomic mass is 16.5. The summed E-state index contributed by atoms with van der Waals surface area (Å²) in [5.74, 6) is 1.48. The Kier molecular flexibility index (Phi) is 7.78. The van der Waals surface area contributed by atoms with E-state index in [-0.39, 0.29) is 11.9 Å². The van der Waals surface area contributed by atoms with Gasteiger partial charge in [-0.2, -0.15) is 0 Å². The number of hydrogen-bond donors (Lipinski definition) is 1. The van der Waals surface area contributed by atoms with Crippen molar-refractivity contribution in [1.29, 1.82) is 0 Å².